The molecule has 1 N–H and O–H groups in total. The molecule has 2 aromatic rings. The van der Waals surface area contributed by atoms with Crippen molar-refractivity contribution in [1.29, 1.82) is 0 Å². The number of thiazole rings is 1. The minimum absolute atomic E-state index is 0.496. The summed E-state index contributed by atoms with van der Waals surface area (Å²) in [6.07, 6.45) is 3.50. The number of hydrogen-bond donors (Lipinski definition) is 1. The molecule has 0 spiro atoms. The zero-order chi connectivity index (χ0) is 13.7. The summed E-state index contributed by atoms with van der Waals surface area (Å²) in [5.74, 6) is 0. The average molecular weight is 279 g/mol. The Balaban J connectivity index is 1.82. The van der Waals surface area contributed by atoms with Gasteiger partial charge in [0, 0.05) is 36.6 Å². The maximum atomic E-state index is 5.08. The van der Waals surface area contributed by atoms with E-state index in [1.54, 1.807) is 23.9 Å². The molecular formula is C14H21N3OS. The Hall–Kier alpha value is -1.17. The largest absolute Gasteiger partial charge is 0.472 e. The van der Waals surface area contributed by atoms with Crippen molar-refractivity contribution in [3.8, 4) is 0 Å². The summed E-state index contributed by atoms with van der Waals surface area (Å²) >= 11 is 1.72. The number of nitrogens with zero attached hydrogens (tertiary/aromatic N) is 2. The van der Waals surface area contributed by atoms with Crippen molar-refractivity contribution in [2.75, 3.05) is 7.05 Å². The zero-order valence-corrected chi connectivity index (χ0v) is 12.5. The molecule has 0 radical (unpaired) electrons. The van der Waals surface area contributed by atoms with Crippen molar-refractivity contribution in [2.45, 2.75) is 39.5 Å². The Bertz CT molecular complexity index is 479. The summed E-state index contributed by atoms with van der Waals surface area (Å²) in [4.78, 5) is 6.88. The molecule has 0 aliphatic rings. The second kappa shape index (κ2) is 6.84. The lowest BCUT2D eigenvalue weighted by molar-refractivity contribution is 0.314. The molecule has 2 aromatic heterocycles. The Morgan fingerprint density at radius 3 is 2.95 bits per heavy atom. The molecule has 0 aliphatic carbocycles. The van der Waals surface area contributed by atoms with Crippen molar-refractivity contribution < 1.29 is 4.42 Å². The molecule has 0 saturated heterocycles. The van der Waals surface area contributed by atoms with Gasteiger partial charge in [-0.05, 0) is 13.1 Å². The first-order chi connectivity index (χ1) is 9.13. The monoisotopic (exact) mass is 279 g/mol. The van der Waals surface area contributed by atoms with Gasteiger partial charge in [0.2, 0.25) is 0 Å². The van der Waals surface area contributed by atoms with Gasteiger partial charge in [-0.2, -0.15) is 0 Å². The number of hydrogen-bond acceptors (Lipinski definition) is 5. The second-order valence-electron chi connectivity index (χ2n) is 5.07. The number of nitrogens with one attached hydrogen (secondary N) is 1. The van der Waals surface area contributed by atoms with Crippen molar-refractivity contribution in [3.63, 3.8) is 0 Å². The van der Waals surface area contributed by atoms with Crippen LogP contribution in [0.4, 0.5) is 0 Å². The van der Waals surface area contributed by atoms with Gasteiger partial charge in [0.25, 0.3) is 0 Å². The fraction of sp³-hybridized carbons (Fsp3) is 0.500. The number of aromatic nitrogens is 1. The third kappa shape index (κ3) is 4.78. The molecule has 0 aliphatic heterocycles. The number of rotatable bonds is 7. The SMILES string of the molecule is CC(C)NCc1nc(CN(C)Cc2ccoc2)cs1. The van der Waals surface area contributed by atoms with Crippen LogP contribution >= 0.6 is 11.3 Å². The molecule has 0 saturated carbocycles. The molecule has 0 fully saturated rings. The van der Waals surface area contributed by atoms with Crippen LogP contribution in [0, 0.1) is 0 Å². The molecule has 0 bridgehead atoms. The summed E-state index contributed by atoms with van der Waals surface area (Å²) < 4.78 is 5.08. The standard InChI is InChI=1S/C14H21N3OS/c1-11(2)15-6-14-16-13(10-19-14)8-17(3)7-12-4-5-18-9-12/h4-5,9-11,15H,6-8H2,1-3H3. The van der Waals surface area contributed by atoms with E-state index in [1.165, 1.54) is 5.56 Å². The first-order valence-corrected chi connectivity index (χ1v) is 7.37. The molecule has 0 atom stereocenters. The maximum absolute atomic E-state index is 5.08. The van der Waals surface area contributed by atoms with Crippen LogP contribution in [0.25, 0.3) is 0 Å². The zero-order valence-electron chi connectivity index (χ0n) is 11.7. The van der Waals surface area contributed by atoms with Crippen LogP contribution in [0.2, 0.25) is 0 Å². The van der Waals surface area contributed by atoms with E-state index >= 15 is 0 Å². The van der Waals surface area contributed by atoms with Crippen molar-refractivity contribution >= 4 is 11.3 Å². The van der Waals surface area contributed by atoms with Crippen LogP contribution in [-0.2, 0) is 19.6 Å². The third-order valence-electron chi connectivity index (χ3n) is 2.73. The van der Waals surface area contributed by atoms with E-state index in [4.69, 9.17) is 4.42 Å². The smallest absolute Gasteiger partial charge is 0.107 e. The van der Waals surface area contributed by atoms with Crippen molar-refractivity contribution in [1.82, 2.24) is 15.2 Å². The van der Waals surface area contributed by atoms with Crippen LogP contribution in [0.15, 0.2) is 28.4 Å². The van der Waals surface area contributed by atoms with Gasteiger partial charge < -0.3 is 9.73 Å². The molecule has 5 heteroatoms. The van der Waals surface area contributed by atoms with Gasteiger partial charge in [0.1, 0.15) is 5.01 Å². The maximum Gasteiger partial charge on any atom is 0.107 e. The quantitative estimate of drug-likeness (QED) is 0.846. The van der Waals surface area contributed by atoms with Gasteiger partial charge in [0.05, 0.1) is 18.2 Å². The van der Waals surface area contributed by atoms with Gasteiger partial charge >= 0.3 is 0 Å². The summed E-state index contributed by atoms with van der Waals surface area (Å²) in [5.41, 5.74) is 2.33. The highest BCUT2D eigenvalue weighted by atomic mass is 32.1. The molecule has 4 nitrogen and oxygen atoms in total. The molecule has 0 amide bonds. The highest BCUT2D eigenvalue weighted by Gasteiger charge is 2.07. The van der Waals surface area contributed by atoms with Gasteiger partial charge in [-0.15, -0.1) is 11.3 Å². The van der Waals surface area contributed by atoms with E-state index in [1.807, 2.05) is 6.07 Å². The lowest BCUT2D eigenvalue weighted by atomic mass is 10.3. The lowest BCUT2D eigenvalue weighted by Crippen LogP contribution is -2.22. The van der Waals surface area contributed by atoms with Crippen molar-refractivity contribution in [3.05, 3.63) is 40.2 Å². The van der Waals surface area contributed by atoms with Gasteiger partial charge in [0.15, 0.2) is 0 Å². The summed E-state index contributed by atoms with van der Waals surface area (Å²) in [6.45, 7) is 6.89. The molecule has 2 heterocycles. The molecule has 104 valence electrons. The van der Waals surface area contributed by atoms with Crippen LogP contribution in [0.5, 0.6) is 0 Å². The second-order valence-corrected chi connectivity index (χ2v) is 6.01. The minimum Gasteiger partial charge on any atom is -0.472 e. The predicted octanol–water partition coefficient (Wildman–Crippen LogP) is 2.87. The Morgan fingerprint density at radius 2 is 2.26 bits per heavy atom. The Morgan fingerprint density at radius 1 is 1.42 bits per heavy atom. The van der Waals surface area contributed by atoms with Gasteiger partial charge in [-0.3, -0.25) is 4.90 Å². The van der Waals surface area contributed by atoms with Gasteiger partial charge in [-0.25, -0.2) is 4.98 Å². The molecule has 0 aromatic carbocycles. The topological polar surface area (TPSA) is 41.3 Å². The molecule has 0 unspecified atom stereocenters. The number of furan rings is 1. The average Bonchev–Trinajstić information content (AvgIpc) is 2.98. The highest BCUT2D eigenvalue weighted by Crippen LogP contribution is 2.13. The fourth-order valence-electron chi connectivity index (χ4n) is 1.82. The van der Waals surface area contributed by atoms with E-state index in [0.717, 1.165) is 30.3 Å². The van der Waals surface area contributed by atoms with Crippen LogP contribution < -0.4 is 5.32 Å². The summed E-state index contributed by atoms with van der Waals surface area (Å²) in [7, 11) is 2.10. The van der Waals surface area contributed by atoms with Gasteiger partial charge in [-0.1, -0.05) is 13.8 Å². The van der Waals surface area contributed by atoms with Crippen LogP contribution in [-0.4, -0.2) is 23.0 Å². The Kier molecular flexibility index (Phi) is 5.13. The minimum atomic E-state index is 0.496. The van der Waals surface area contributed by atoms with E-state index in [2.05, 4.69) is 41.5 Å². The highest BCUT2D eigenvalue weighted by molar-refractivity contribution is 7.09. The third-order valence-corrected chi connectivity index (χ3v) is 3.62. The fourth-order valence-corrected chi connectivity index (χ4v) is 2.56. The van der Waals surface area contributed by atoms with Crippen molar-refractivity contribution in [2.24, 2.45) is 0 Å². The van der Waals surface area contributed by atoms with Crippen LogP contribution in [0.1, 0.15) is 30.1 Å². The molecule has 19 heavy (non-hydrogen) atoms. The lowest BCUT2D eigenvalue weighted by Gasteiger charge is -2.13. The first kappa shape index (κ1) is 14.2. The van der Waals surface area contributed by atoms with E-state index in [-0.39, 0.29) is 0 Å². The first-order valence-electron chi connectivity index (χ1n) is 6.50. The van der Waals surface area contributed by atoms with E-state index in [9.17, 15) is 0 Å². The summed E-state index contributed by atoms with van der Waals surface area (Å²) in [5, 5.41) is 6.68. The normalized spacial score (nSPS) is 11.6. The predicted molar refractivity (Wildman–Crippen MR) is 78.0 cm³/mol. The van der Waals surface area contributed by atoms with E-state index in [0.29, 0.717) is 6.04 Å². The molecule has 2 rings (SSSR count). The summed E-state index contributed by atoms with van der Waals surface area (Å²) in [6, 6.07) is 2.49. The van der Waals surface area contributed by atoms with E-state index < -0.39 is 0 Å². The Labute approximate surface area is 118 Å². The molecular weight excluding hydrogens is 258 g/mol. The van der Waals surface area contributed by atoms with Crippen LogP contribution in [0.3, 0.4) is 0 Å².